The smallest absolute Gasteiger partial charge is 0.257 e. The number of amides is 3. The minimum Gasteiger partial charge on any atom is -0.330 e. The fraction of sp³-hybridized carbons (Fsp3) is 0.214. The van der Waals surface area contributed by atoms with Gasteiger partial charge in [-0.15, -0.1) is 11.3 Å². The predicted octanol–water partition coefficient (Wildman–Crippen LogP) is 4.99. The van der Waals surface area contributed by atoms with Crippen molar-refractivity contribution in [3.63, 3.8) is 0 Å². The average molecular weight is 484 g/mol. The molecule has 0 N–H and O–H groups in total. The van der Waals surface area contributed by atoms with Crippen LogP contribution < -0.4 is 4.90 Å². The third-order valence-electron chi connectivity index (χ3n) is 6.30. The van der Waals surface area contributed by atoms with Gasteiger partial charge in [0.05, 0.1) is 22.3 Å². The molecule has 3 aromatic carbocycles. The first kappa shape index (κ1) is 22.9. The minimum atomic E-state index is -0.782. The van der Waals surface area contributed by atoms with E-state index in [9.17, 15) is 14.4 Å². The second-order valence-electron chi connectivity index (χ2n) is 8.77. The fourth-order valence-electron chi connectivity index (χ4n) is 4.47. The molecule has 0 spiro atoms. The molecule has 176 valence electrons. The molecule has 35 heavy (non-hydrogen) atoms. The molecule has 4 aromatic rings. The largest absolute Gasteiger partial charge is 0.330 e. The van der Waals surface area contributed by atoms with Crippen molar-refractivity contribution in [1.82, 2.24) is 9.88 Å². The highest BCUT2D eigenvalue weighted by Gasteiger charge is 2.43. The molecule has 6 nitrogen and oxygen atoms in total. The average Bonchev–Trinajstić information content (AvgIpc) is 3.40. The Morgan fingerprint density at radius 1 is 1.06 bits per heavy atom. The molecule has 1 unspecified atom stereocenters. The van der Waals surface area contributed by atoms with Crippen LogP contribution in [0.1, 0.15) is 24.5 Å². The van der Waals surface area contributed by atoms with E-state index in [1.165, 1.54) is 22.3 Å². The van der Waals surface area contributed by atoms with Crippen molar-refractivity contribution in [1.29, 1.82) is 0 Å². The van der Waals surface area contributed by atoms with Gasteiger partial charge in [-0.05, 0) is 60.9 Å². The molecule has 1 aromatic heterocycles. The molecule has 0 bridgehead atoms. The van der Waals surface area contributed by atoms with E-state index < -0.39 is 6.04 Å². The van der Waals surface area contributed by atoms with Crippen LogP contribution in [0, 0.1) is 6.92 Å². The summed E-state index contributed by atoms with van der Waals surface area (Å²) >= 11 is 1.61. The van der Waals surface area contributed by atoms with Crippen molar-refractivity contribution in [2.24, 2.45) is 0 Å². The van der Waals surface area contributed by atoms with Gasteiger partial charge in [-0.3, -0.25) is 14.4 Å². The SMILES string of the molecule is CC(=O)N(CCc1ccccc1)C1CC(=O)N(c2ccc(-c3nc4ccc(C)cc4s3)cc2)C1=O. The third-order valence-corrected chi connectivity index (χ3v) is 7.37. The van der Waals surface area contributed by atoms with Crippen molar-refractivity contribution in [2.45, 2.75) is 32.7 Å². The predicted molar refractivity (Wildman–Crippen MR) is 138 cm³/mol. The lowest BCUT2D eigenvalue weighted by Crippen LogP contribution is -2.45. The zero-order valence-corrected chi connectivity index (χ0v) is 20.4. The maximum absolute atomic E-state index is 13.3. The molecule has 1 aliphatic rings. The summed E-state index contributed by atoms with van der Waals surface area (Å²) in [5, 5.41) is 0.887. The van der Waals surface area contributed by atoms with Gasteiger partial charge in [-0.2, -0.15) is 0 Å². The van der Waals surface area contributed by atoms with Gasteiger partial charge in [0, 0.05) is 19.0 Å². The Balaban J connectivity index is 1.34. The van der Waals surface area contributed by atoms with Crippen molar-refractivity contribution in [2.75, 3.05) is 11.4 Å². The summed E-state index contributed by atoms with van der Waals surface area (Å²) < 4.78 is 1.12. The number of carbonyl (C=O) groups excluding carboxylic acids is 3. The van der Waals surface area contributed by atoms with E-state index in [-0.39, 0.29) is 24.1 Å². The van der Waals surface area contributed by atoms with Crippen LogP contribution in [-0.2, 0) is 20.8 Å². The number of benzene rings is 3. The molecule has 1 saturated heterocycles. The van der Waals surface area contributed by atoms with E-state index >= 15 is 0 Å². The Labute approximate surface area is 207 Å². The quantitative estimate of drug-likeness (QED) is 0.362. The van der Waals surface area contributed by atoms with Gasteiger partial charge >= 0.3 is 0 Å². The summed E-state index contributed by atoms with van der Waals surface area (Å²) in [5.41, 5.74) is 4.65. The summed E-state index contributed by atoms with van der Waals surface area (Å²) in [6, 6.07) is 22.5. The van der Waals surface area contributed by atoms with E-state index in [0.29, 0.717) is 18.7 Å². The summed E-state index contributed by atoms with van der Waals surface area (Å²) in [6.45, 7) is 3.88. The molecule has 7 heteroatoms. The Hall–Kier alpha value is -3.84. The van der Waals surface area contributed by atoms with E-state index in [1.807, 2.05) is 54.6 Å². The summed E-state index contributed by atoms with van der Waals surface area (Å²) in [7, 11) is 0. The van der Waals surface area contributed by atoms with E-state index in [0.717, 1.165) is 26.4 Å². The van der Waals surface area contributed by atoms with Gasteiger partial charge in [0.25, 0.3) is 5.91 Å². The van der Waals surface area contributed by atoms with Crippen LogP contribution in [0.3, 0.4) is 0 Å². The molecular weight excluding hydrogens is 458 g/mol. The van der Waals surface area contributed by atoms with Crippen molar-refractivity contribution in [3.8, 4) is 10.6 Å². The van der Waals surface area contributed by atoms with Crippen LogP contribution in [0.5, 0.6) is 0 Å². The normalized spacial score (nSPS) is 15.7. The standard InChI is InChI=1S/C28H25N3O3S/c1-18-8-13-23-25(16-18)35-27(29-23)21-9-11-22(12-10-21)31-26(33)17-24(28(31)34)30(19(2)32)15-14-20-6-4-3-5-7-20/h3-13,16,24H,14-15,17H2,1-2H3. The van der Waals surface area contributed by atoms with E-state index in [2.05, 4.69) is 13.0 Å². The topological polar surface area (TPSA) is 70.6 Å². The monoisotopic (exact) mass is 483 g/mol. The second kappa shape index (κ2) is 9.43. The number of rotatable bonds is 6. The summed E-state index contributed by atoms with van der Waals surface area (Å²) in [6.07, 6.45) is 0.612. The van der Waals surface area contributed by atoms with Crippen molar-refractivity contribution >= 4 is 45.0 Å². The van der Waals surface area contributed by atoms with Gasteiger partial charge in [-0.1, -0.05) is 36.4 Å². The van der Waals surface area contributed by atoms with Crippen molar-refractivity contribution in [3.05, 3.63) is 83.9 Å². The van der Waals surface area contributed by atoms with Crippen LogP contribution in [-0.4, -0.2) is 40.2 Å². The minimum absolute atomic E-state index is 0.00776. The van der Waals surface area contributed by atoms with Gasteiger partial charge in [0.2, 0.25) is 11.8 Å². The molecule has 1 fully saturated rings. The Morgan fingerprint density at radius 2 is 1.80 bits per heavy atom. The molecule has 1 atom stereocenters. The molecule has 3 amide bonds. The lowest BCUT2D eigenvalue weighted by Gasteiger charge is -2.26. The number of hydrogen-bond acceptors (Lipinski definition) is 5. The van der Waals surface area contributed by atoms with E-state index in [1.54, 1.807) is 23.5 Å². The highest BCUT2D eigenvalue weighted by Crippen LogP contribution is 2.33. The number of imide groups is 1. The van der Waals surface area contributed by atoms with Gasteiger partial charge in [0.15, 0.2) is 0 Å². The lowest BCUT2D eigenvalue weighted by molar-refractivity contribution is -0.136. The summed E-state index contributed by atoms with van der Waals surface area (Å²) in [5.74, 6) is -0.869. The summed E-state index contributed by atoms with van der Waals surface area (Å²) in [4.78, 5) is 45.9. The van der Waals surface area contributed by atoms with Gasteiger partial charge < -0.3 is 4.90 Å². The zero-order chi connectivity index (χ0) is 24.5. The Morgan fingerprint density at radius 3 is 2.51 bits per heavy atom. The molecule has 2 heterocycles. The van der Waals surface area contributed by atoms with Crippen LogP contribution in [0.25, 0.3) is 20.8 Å². The number of nitrogens with zero attached hydrogens (tertiary/aromatic N) is 3. The van der Waals surface area contributed by atoms with Crippen LogP contribution >= 0.6 is 11.3 Å². The first-order valence-electron chi connectivity index (χ1n) is 11.6. The molecule has 5 rings (SSSR count). The first-order valence-corrected chi connectivity index (χ1v) is 12.4. The lowest BCUT2D eigenvalue weighted by atomic mass is 10.1. The van der Waals surface area contributed by atoms with Gasteiger partial charge in [-0.25, -0.2) is 9.88 Å². The molecular formula is C28H25N3O3S. The number of fused-ring (bicyclic) bond motifs is 1. The molecule has 0 saturated carbocycles. The number of aryl methyl sites for hydroxylation is 1. The second-order valence-corrected chi connectivity index (χ2v) is 9.80. The van der Waals surface area contributed by atoms with E-state index in [4.69, 9.17) is 4.98 Å². The maximum Gasteiger partial charge on any atom is 0.257 e. The fourth-order valence-corrected chi connectivity index (χ4v) is 5.54. The van der Waals surface area contributed by atoms with Gasteiger partial charge in [0.1, 0.15) is 11.0 Å². The maximum atomic E-state index is 13.3. The Kier molecular flexibility index (Phi) is 6.17. The number of carbonyl (C=O) groups is 3. The van der Waals surface area contributed by atoms with Crippen LogP contribution in [0.4, 0.5) is 5.69 Å². The molecule has 0 radical (unpaired) electrons. The third kappa shape index (κ3) is 4.59. The molecule has 1 aliphatic heterocycles. The Bertz CT molecular complexity index is 1410. The van der Waals surface area contributed by atoms with Crippen molar-refractivity contribution < 1.29 is 14.4 Å². The zero-order valence-electron chi connectivity index (χ0n) is 19.6. The van der Waals surface area contributed by atoms with Crippen LogP contribution in [0.2, 0.25) is 0 Å². The number of thiazole rings is 1. The first-order chi connectivity index (χ1) is 16.9. The number of hydrogen-bond donors (Lipinski definition) is 0. The van der Waals surface area contributed by atoms with Crippen LogP contribution in [0.15, 0.2) is 72.8 Å². The molecule has 0 aliphatic carbocycles. The highest BCUT2D eigenvalue weighted by atomic mass is 32.1. The highest BCUT2D eigenvalue weighted by molar-refractivity contribution is 7.21. The number of aromatic nitrogens is 1. The number of anilines is 1.